The zero-order valence-electron chi connectivity index (χ0n) is 10.9. The summed E-state index contributed by atoms with van der Waals surface area (Å²) in [5, 5.41) is 28.8. The number of nitriles is 1. The van der Waals surface area contributed by atoms with Crippen molar-refractivity contribution in [3.63, 3.8) is 0 Å². The number of nitro groups is 1. The molecule has 0 saturated carbocycles. The van der Waals surface area contributed by atoms with E-state index in [2.05, 4.69) is 6.92 Å². The number of rotatable bonds is 7. The molecule has 6 heteroatoms. The minimum Gasteiger partial charge on any atom is -0.395 e. The van der Waals surface area contributed by atoms with Crippen molar-refractivity contribution < 1.29 is 10.0 Å². The van der Waals surface area contributed by atoms with Crippen molar-refractivity contribution in [3.05, 3.63) is 33.9 Å². The maximum atomic E-state index is 10.8. The van der Waals surface area contributed by atoms with Crippen LogP contribution in [0.3, 0.4) is 0 Å². The van der Waals surface area contributed by atoms with Crippen molar-refractivity contribution >= 4 is 11.4 Å². The molecule has 0 heterocycles. The minimum absolute atomic E-state index is 0.00257. The lowest BCUT2D eigenvalue weighted by molar-refractivity contribution is -0.385. The number of aliphatic hydroxyl groups excluding tert-OH is 1. The minimum atomic E-state index is -0.565. The predicted molar refractivity (Wildman–Crippen MR) is 72.0 cm³/mol. The highest BCUT2D eigenvalue weighted by molar-refractivity contribution is 5.59. The fraction of sp³-hybridized carbons (Fsp3) is 0.462. The molecule has 0 aromatic heterocycles. The van der Waals surface area contributed by atoms with Crippen molar-refractivity contribution in [1.82, 2.24) is 0 Å². The molecule has 0 bridgehead atoms. The first-order chi connectivity index (χ1) is 9.13. The van der Waals surface area contributed by atoms with Crippen LogP contribution in [0.15, 0.2) is 18.2 Å². The Labute approximate surface area is 112 Å². The Morgan fingerprint density at radius 1 is 1.47 bits per heavy atom. The third-order valence-electron chi connectivity index (χ3n) is 2.81. The molecule has 0 unspecified atom stereocenters. The molecular formula is C13H17N3O3. The summed E-state index contributed by atoms with van der Waals surface area (Å²) >= 11 is 0. The van der Waals surface area contributed by atoms with Gasteiger partial charge in [0.2, 0.25) is 0 Å². The van der Waals surface area contributed by atoms with E-state index in [9.17, 15) is 10.1 Å². The first-order valence-electron chi connectivity index (χ1n) is 6.18. The van der Waals surface area contributed by atoms with Gasteiger partial charge in [0.1, 0.15) is 11.6 Å². The van der Waals surface area contributed by atoms with Crippen molar-refractivity contribution in [1.29, 1.82) is 5.26 Å². The van der Waals surface area contributed by atoms with E-state index in [1.165, 1.54) is 12.1 Å². The molecule has 0 spiro atoms. The molecule has 6 nitrogen and oxygen atoms in total. The Kier molecular flexibility index (Phi) is 5.76. The van der Waals surface area contributed by atoms with Gasteiger partial charge in [-0.15, -0.1) is 0 Å². The van der Waals surface area contributed by atoms with Gasteiger partial charge >= 0.3 is 0 Å². The van der Waals surface area contributed by atoms with E-state index in [0.29, 0.717) is 6.54 Å². The summed E-state index contributed by atoms with van der Waals surface area (Å²) in [6, 6.07) is 6.30. The molecule has 1 rings (SSSR count). The van der Waals surface area contributed by atoms with Crippen LogP contribution in [0.25, 0.3) is 0 Å². The molecule has 0 saturated heterocycles. The van der Waals surface area contributed by atoms with Gasteiger partial charge in [-0.1, -0.05) is 13.3 Å². The summed E-state index contributed by atoms with van der Waals surface area (Å²) in [5.74, 6) is 0. The number of unbranched alkanes of at least 4 members (excludes halogenated alkanes) is 1. The topological polar surface area (TPSA) is 90.4 Å². The maximum absolute atomic E-state index is 10.8. The largest absolute Gasteiger partial charge is 0.395 e. The van der Waals surface area contributed by atoms with Gasteiger partial charge in [-0.25, -0.2) is 0 Å². The summed E-state index contributed by atoms with van der Waals surface area (Å²) in [6.07, 6.45) is 1.97. The van der Waals surface area contributed by atoms with Gasteiger partial charge in [-0.05, 0) is 18.6 Å². The quantitative estimate of drug-likeness (QED) is 0.600. The first-order valence-corrected chi connectivity index (χ1v) is 6.18. The second-order valence-electron chi connectivity index (χ2n) is 4.13. The van der Waals surface area contributed by atoms with E-state index in [1.54, 1.807) is 6.07 Å². The maximum Gasteiger partial charge on any atom is 0.287 e. The molecule has 102 valence electrons. The second-order valence-corrected chi connectivity index (χ2v) is 4.13. The van der Waals surface area contributed by atoms with Crippen LogP contribution in [0.4, 0.5) is 11.4 Å². The van der Waals surface area contributed by atoms with Crippen LogP contribution in [0.5, 0.6) is 0 Å². The van der Waals surface area contributed by atoms with Gasteiger partial charge in [-0.3, -0.25) is 10.1 Å². The predicted octanol–water partition coefficient (Wildman–Crippen LogP) is 2.07. The molecule has 0 radical (unpaired) electrons. The Morgan fingerprint density at radius 2 is 2.21 bits per heavy atom. The van der Waals surface area contributed by atoms with Crippen molar-refractivity contribution in [2.75, 3.05) is 24.6 Å². The molecule has 0 aliphatic heterocycles. The van der Waals surface area contributed by atoms with Crippen LogP contribution < -0.4 is 4.90 Å². The number of nitro benzene ring substituents is 1. The van der Waals surface area contributed by atoms with E-state index >= 15 is 0 Å². The highest BCUT2D eigenvalue weighted by Gasteiger charge is 2.16. The number of benzene rings is 1. The van der Waals surface area contributed by atoms with Crippen LogP contribution in [0, 0.1) is 21.4 Å². The number of aliphatic hydroxyl groups is 1. The summed E-state index contributed by atoms with van der Waals surface area (Å²) in [6.45, 7) is 3.26. The van der Waals surface area contributed by atoms with Crippen LogP contribution in [-0.2, 0) is 0 Å². The molecule has 0 aliphatic rings. The van der Waals surface area contributed by atoms with E-state index in [4.69, 9.17) is 10.4 Å². The average molecular weight is 263 g/mol. The Morgan fingerprint density at radius 3 is 2.74 bits per heavy atom. The third kappa shape index (κ3) is 3.93. The zero-order valence-corrected chi connectivity index (χ0v) is 10.9. The van der Waals surface area contributed by atoms with E-state index in [-0.39, 0.29) is 17.9 Å². The van der Waals surface area contributed by atoms with Crippen LogP contribution >= 0.6 is 0 Å². The van der Waals surface area contributed by atoms with Crippen molar-refractivity contribution in [2.45, 2.75) is 19.8 Å². The van der Waals surface area contributed by atoms with Gasteiger partial charge in [-0.2, -0.15) is 5.26 Å². The lowest BCUT2D eigenvalue weighted by atomic mass is 10.1. The normalized spacial score (nSPS) is 9.95. The Hall–Kier alpha value is -2.13. The van der Waals surface area contributed by atoms with Gasteiger partial charge < -0.3 is 10.0 Å². The highest BCUT2D eigenvalue weighted by Crippen LogP contribution is 2.24. The second kappa shape index (κ2) is 7.34. The summed E-state index contributed by atoms with van der Waals surface area (Å²) in [7, 11) is 0. The molecule has 0 aliphatic carbocycles. The smallest absolute Gasteiger partial charge is 0.287 e. The zero-order chi connectivity index (χ0) is 14.3. The molecule has 0 atom stereocenters. The standard InChI is InChI=1S/C13H17N3O3/c1-2-3-6-15(7-8-17)12-4-5-13(16(18)19)11(9-12)10-14/h4-5,9,17H,2-3,6-8H2,1H3. The average Bonchev–Trinajstić information content (AvgIpc) is 2.42. The van der Waals surface area contributed by atoms with Gasteiger partial charge in [0, 0.05) is 24.8 Å². The number of hydrogen-bond donors (Lipinski definition) is 1. The highest BCUT2D eigenvalue weighted by atomic mass is 16.6. The van der Waals surface area contributed by atoms with Gasteiger partial charge in [0.05, 0.1) is 11.5 Å². The summed E-state index contributed by atoms with van der Waals surface area (Å²) in [5.41, 5.74) is 0.581. The van der Waals surface area contributed by atoms with E-state index in [0.717, 1.165) is 25.1 Å². The fourth-order valence-corrected chi connectivity index (χ4v) is 1.81. The summed E-state index contributed by atoms with van der Waals surface area (Å²) < 4.78 is 0. The number of nitrogens with zero attached hydrogens (tertiary/aromatic N) is 3. The van der Waals surface area contributed by atoms with Crippen molar-refractivity contribution in [2.24, 2.45) is 0 Å². The third-order valence-corrected chi connectivity index (χ3v) is 2.81. The fourth-order valence-electron chi connectivity index (χ4n) is 1.81. The lowest BCUT2D eigenvalue weighted by Gasteiger charge is -2.23. The molecular weight excluding hydrogens is 246 g/mol. The first kappa shape index (κ1) is 14.9. The monoisotopic (exact) mass is 263 g/mol. The Balaban J connectivity index is 3.04. The molecule has 19 heavy (non-hydrogen) atoms. The molecule has 0 fully saturated rings. The molecule has 1 aromatic carbocycles. The van der Waals surface area contributed by atoms with Gasteiger partial charge in [0.25, 0.3) is 5.69 Å². The van der Waals surface area contributed by atoms with E-state index in [1.807, 2.05) is 11.0 Å². The van der Waals surface area contributed by atoms with E-state index < -0.39 is 4.92 Å². The molecule has 0 amide bonds. The van der Waals surface area contributed by atoms with Crippen LogP contribution in [0.2, 0.25) is 0 Å². The molecule has 1 aromatic rings. The SMILES string of the molecule is CCCCN(CCO)c1ccc([N+](=O)[O-])c(C#N)c1. The number of hydrogen-bond acceptors (Lipinski definition) is 5. The molecule has 1 N–H and O–H groups in total. The van der Waals surface area contributed by atoms with Crippen LogP contribution in [0.1, 0.15) is 25.3 Å². The number of anilines is 1. The lowest BCUT2D eigenvalue weighted by Crippen LogP contribution is -2.27. The summed E-state index contributed by atoms with van der Waals surface area (Å²) in [4.78, 5) is 12.1. The van der Waals surface area contributed by atoms with Crippen LogP contribution in [-0.4, -0.2) is 29.7 Å². The van der Waals surface area contributed by atoms with Crippen molar-refractivity contribution in [3.8, 4) is 6.07 Å². The van der Waals surface area contributed by atoms with Gasteiger partial charge in [0.15, 0.2) is 0 Å². The Bertz CT molecular complexity index is 483.